The quantitative estimate of drug-likeness (QED) is 0.688. The van der Waals surface area contributed by atoms with Gasteiger partial charge < -0.3 is 14.4 Å². The van der Waals surface area contributed by atoms with E-state index in [1.165, 1.54) is 11.1 Å². The Bertz CT molecular complexity index is 1010. The van der Waals surface area contributed by atoms with E-state index in [2.05, 4.69) is 36.6 Å². The first-order valence-corrected chi connectivity index (χ1v) is 9.96. The molecule has 0 bridgehead atoms. The summed E-state index contributed by atoms with van der Waals surface area (Å²) in [6.45, 7) is 5.76. The van der Waals surface area contributed by atoms with Crippen molar-refractivity contribution in [3.05, 3.63) is 59.4 Å². The van der Waals surface area contributed by atoms with E-state index in [0.29, 0.717) is 6.04 Å². The van der Waals surface area contributed by atoms with Gasteiger partial charge in [0.15, 0.2) is 0 Å². The van der Waals surface area contributed by atoms with Crippen molar-refractivity contribution in [2.24, 2.45) is 0 Å². The maximum Gasteiger partial charge on any atom is 0.253 e. The molecule has 3 aromatic rings. The van der Waals surface area contributed by atoms with E-state index in [4.69, 9.17) is 4.98 Å². The monoisotopic (exact) mass is 376 g/mol. The summed E-state index contributed by atoms with van der Waals surface area (Å²) in [5, 5.41) is 0. The highest BCUT2D eigenvalue weighted by Crippen LogP contribution is 2.30. The molecule has 1 aliphatic rings. The highest BCUT2D eigenvalue weighted by Gasteiger charge is 2.26. The molecule has 1 aromatic heterocycles. The van der Waals surface area contributed by atoms with Gasteiger partial charge in [0.1, 0.15) is 5.82 Å². The van der Waals surface area contributed by atoms with Gasteiger partial charge >= 0.3 is 0 Å². The Morgan fingerprint density at radius 1 is 1.07 bits per heavy atom. The smallest absolute Gasteiger partial charge is 0.253 e. The number of likely N-dealkylation sites (tertiary alicyclic amines) is 1. The summed E-state index contributed by atoms with van der Waals surface area (Å²) in [5.74, 6) is 1.19. The number of rotatable bonds is 3. The number of nitrogens with zero attached hydrogens (tertiary/aromatic N) is 4. The first-order valence-electron chi connectivity index (χ1n) is 9.96. The average Bonchev–Trinajstić information content (AvgIpc) is 3.02. The van der Waals surface area contributed by atoms with Crippen LogP contribution in [0.25, 0.3) is 11.0 Å². The molecule has 1 fully saturated rings. The summed E-state index contributed by atoms with van der Waals surface area (Å²) in [6, 6.07) is 14.7. The number of amides is 1. The van der Waals surface area contributed by atoms with Crippen molar-refractivity contribution in [1.29, 1.82) is 0 Å². The lowest BCUT2D eigenvalue weighted by Crippen LogP contribution is -2.39. The number of imidazole rings is 1. The average molecular weight is 377 g/mol. The molecule has 2 aromatic carbocycles. The third-order valence-corrected chi connectivity index (χ3v) is 5.75. The molecule has 0 unspecified atom stereocenters. The van der Waals surface area contributed by atoms with E-state index in [1.54, 1.807) is 0 Å². The van der Waals surface area contributed by atoms with Gasteiger partial charge in [-0.25, -0.2) is 4.98 Å². The van der Waals surface area contributed by atoms with Crippen molar-refractivity contribution in [1.82, 2.24) is 14.5 Å². The van der Waals surface area contributed by atoms with Crippen LogP contribution in [0.15, 0.2) is 42.5 Å². The number of benzene rings is 2. The number of aromatic nitrogens is 2. The molecule has 5 nitrogen and oxygen atoms in total. The van der Waals surface area contributed by atoms with Crippen LogP contribution in [0, 0.1) is 13.8 Å². The lowest BCUT2D eigenvalue weighted by Gasteiger charge is -2.33. The van der Waals surface area contributed by atoms with Crippen molar-refractivity contribution in [3.63, 3.8) is 0 Å². The van der Waals surface area contributed by atoms with Crippen LogP contribution in [0.4, 0.5) is 5.69 Å². The van der Waals surface area contributed by atoms with Crippen LogP contribution < -0.4 is 4.90 Å². The van der Waals surface area contributed by atoms with E-state index in [0.717, 1.165) is 48.5 Å². The molecule has 4 rings (SSSR count). The van der Waals surface area contributed by atoms with Crippen LogP contribution in [0.5, 0.6) is 0 Å². The third-order valence-electron chi connectivity index (χ3n) is 5.75. The lowest BCUT2D eigenvalue weighted by atomic mass is 10.0. The molecule has 1 saturated heterocycles. The summed E-state index contributed by atoms with van der Waals surface area (Å²) in [5.41, 5.74) is 5.34. The van der Waals surface area contributed by atoms with Gasteiger partial charge in [-0.15, -0.1) is 0 Å². The van der Waals surface area contributed by atoms with Gasteiger partial charge in [-0.3, -0.25) is 4.79 Å². The molecule has 28 heavy (non-hydrogen) atoms. The highest BCUT2D eigenvalue weighted by atomic mass is 16.2. The number of carbonyl (C=O) groups is 1. The summed E-state index contributed by atoms with van der Waals surface area (Å²) >= 11 is 0. The fourth-order valence-electron chi connectivity index (χ4n) is 4.21. The second kappa shape index (κ2) is 7.30. The van der Waals surface area contributed by atoms with Gasteiger partial charge in [-0.05, 0) is 62.6 Å². The van der Waals surface area contributed by atoms with Crippen LogP contribution in [-0.2, 0) is 0 Å². The summed E-state index contributed by atoms with van der Waals surface area (Å²) < 4.78 is 2.37. The molecule has 0 N–H and O–H groups in total. The van der Waals surface area contributed by atoms with Gasteiger partial charge in [0.05, 0.1) is 11.0 Å². The van der Waals surface area contributed by atoms with Gasteiger partial charge in [0.2, 0.25) is 0 Å². The largest absolute Gasteiger partial charge is 0.378 e. The SMILES string of the molecule is Cc1ccc2nc(C)n(C3CCN(C(=O)c4cccc(N(C)C)c4)CC3)c2c1. The summed E-state index contributed by atoms with van der Waals surface area (Å²) in [6.07, 6.45) is 1.92. The maximum atomic E-state index is 13.0. The summed E-state index contributed by atoms with van der Waals surface area (Å²) in [4.78, 5) is 21.7. The fourth-order valence-corrected chi connectivity index (χ4v) is 4.21. The minimum absolute atomic E-state index is 0.130. The molecule has 0 spiro atoms. The highest BCUT2D eigenvalue weighted by molar-refractivity contribution is 5.95. The standard InChI is InChI=1S/C23H28N4O/c1-16-8-9-21-22(14-16)27(17(2)24-21)19-10-12-26(13-11-19)23(28)18-6-5-7-20(15-18)25(3)4/h5-9,14-15,19H,10-13H2,1-4H3. The number of hydrogen-bond donors (Lipinski definition) is 0. The van der Waals surface area contributed by atoms with Crippen LogP contribution >= 0.6 is 0 Å². The van der Waals surface area contributed by atoms with Gasteiger partial charge in [-0.2, -0.15) is 0 Å². The molecule has 1 aliphatic heterocycles. The number of aryl methyl sites for hydroxylation is 2. The number of hydrogen-bond acceptors (Lipinski definition) is 3. The predicted molar refractivity (Wildman–Crippen MR) is 114 cm³/mol. The zero-order valence-electron chi connectivity index (χ0n) is 17.1. The Balaban J connectivity index is 1.51. The topological polar surface area (TPSA) is 41.4 Å². The van der Waals surface area contributed by atoms with E-state index >= 15 is 0 Å². The Morgan fingerprint density at radius 3 is 2.54 bits per heavy atom. The van der Waals surface area contributed by atoms with E-state index in [1.807, 2.05) is 48.2 Å². The van der Waals surface area contributed by atoms with Crippen molar-refractivity contribution in [2.45, 2.75) is 32.7 Å². The van der Waals surface area contributed by atoms with Crippen molar-refractivity contribution >= 4 is 22.6 Å². The molecule has 5 heteroatoms. The number of carbonyl (C=O) groups excluding carboxylic acids is 1. The predicted octanol–water partition coefficient (Wildman–Crippen LogP) is 4.20. The number of anilines is 1. The minimum Gasteiger partial charge on any atom is -0.378 e. The first kappa shape index (κ1) is 18.5. The molecule has 2 heterocycles. The number of piperidine rings is 1. The van der Waals surface area contributed by atoms with Crippen LogP contribution in [-0.4, -0.2) is 47.5 Å². The normalized spacial score (nSPS) is 15.2. The minimum atomic E-state index is 0.130. The van der Waals surface area contributed by atoms with Crippen molar-refractivity contribution in [3.8, 4) is 0 Å². The van der Waals surface area contributed by atoms with E-state index in [-0.39, 0.29) is 5.91 Å². The first-order chi connectivity index (χ1) is 13.4. The second-order valence-electron chi connectivity index (χ2n) is 7.99. The number of fused-ring (bicyclic) bond motifs is 1. The van der Waals surface area contributed by atoms with Crippen LogP contribution in [0.2, 0.25) is 0 Å². The van der Waals surface area contributed by atoms with E-state index in [9.17, 15) is 4.79 Å². The van der Waals surface area contributed by atoms with Gasteiger partial charge in [-0.1, -0.05) is 12.1 Å². The molecule has 0 atom stereocenters. The molecular formula is C23H28N4O. The second-order valence-corrected chi connectivity index (χ2v) is 7.99. The van der Waals surface area contributed by atoms with Crippen molar-refractivity contribution < 1.29 is 4.79 Å². The lowest BCUT2D eigenvalue weighted by molar-refractivity contribution is 0.0695. The van der Waals surface area contributed by atoms with Crippen LogP contribution in [0.3, 0.4) is 0 Å². The zero-order valence-corrected chi connectivity index (χ0v) is 17.1. The van der Waals surface area contributed by atoms with Gasteiger partial charge in [0.25, 0.3) is 5.91 Å². The van der Waals surface area contributed by atoms with Gasteiger partial charge in [0, 0.05) is 44.5 Å². The van der Waals surface area contributed by atoms with Crippen LogP contribution in [0.1, 0.15) is 40.6 Å². The molecule has 0 radical (unpaired) electrons. The molecule has 0 saturated carbocycles. The maximum absolute atomic E-state index is 13.0. The molecule has 1 amide bonds. The Morgan fingerprint density at radius 2 is 1.82 bits per heavy atom. The Hall–Kier alpha value is -2.82. The summed E-state index contributed by atoms with van der Waals surface area (Å²) in [7, 11) is 3.99. The Kier molecular flexibility index (Phi) is 4.84. The molecule has 146 valence electrons. The fraction of sp³-hybridized carbons (Fsp3) is 0.391. The molecule has 0 aliphatic carbocycles. The van der Waals surface area contributed by atoms with Crippen molar-refractivity contribution in [2.75, 3.05) is 32.1 Å². The molecular weight excluding hydrogens is 348 g/mol. The zero-order chi connectivity index (χ0) is 19.8. The Labute approximate surface area is 166 Å². The third kappa shape index (κ3) is 3.37. The van der Waals surface area contributed by atoms with E-state index < -0.39 is 0 Å².